The Morgan fingerprint density at radius 1 is 1.40 bits per heavy atom. The highest BCUT2D eigenvalue weighted by Crippen LogP contribution is 2.29. The minimum absolute atomic E-state index is 0.0277. The predicted octanol–water partition coefficient (Wildman–Crippen LogP) is 3.94. The number of halogens is 1. The summed E-state index contributed by atoms with van der Waals surface area (Å²) in [6.45, 7) is 2.74. The molecule has 20 heavy (non-hydrogen) atoms. The fourth-order valence-corrected chi connectivity index (χ4v) is 3.08. The zero-order chi connectivity index (χ0) is 14.7. The summed E-state index contributed by atoms with van der Waals surface area (Å²) < 4.78 is 0. The zero-order valence-electron chi connectivity index (χ0n) is 11.4. The summed E-state index contributed by atoms with van der Waals surface area (Å²) in [5.74, 6) is -0.160. The summed E-state index contributed by atoms with van der Waals surface area (Å²) >= 11 is 7.71. The van der Waals surface area contributed by atoms with E-state index in [0.29, 0.717) is 17.1 Å². The van der Waals surface area contributed by atoms with Crippen LogP contribution in [0.1, 0.15) is 27.7 Å². The first-order valence-corrected chi connectivity index (χ1v) is 7.46. The third-order valence-electron chi connectivity index (χ3n) is 2.98. The van der Waals surface area contributed by atoms with Gasteiger partial charge in [-0.3, -0.25) is 9.69 Å². The number of hydrogen-bond donors (Lipinski definition) is 1. The van der Waals surface area contributed by atoms with E-state index in [9.17, 15) is 9.90 Å². The van der Waals surface area contributed by atoms with Crippen molar-refractivity contribution in [2.75, 3.05) is 7.05 Å². The molecule has 0 saturated heterocycles. The topological polar surface area (TPSA) is 40.5 Å². The molecule has 2 aromatic rings. The number of aromatic hydroxyl groups is 1. The van der Waals surface area contributed by atoms with Gasteiger partial charge in [-0.25, -0.2) is 0 Å². The minimum atomic E-state index is -0.188. The van der Waals surface area contributed by atoms with Gasteiger partial charge in [-0.2, -0.15) is 0 Å². The fourth-order valence-electron chi connectivity index (χ4n) is 2.06. The maximum Gasteiger partial charge on any atom is 0.163 e. The molecule has 0 aliphatic carbocycles. The minimum Gasteiger partial charge on any atom is -0.507 e. The molecule has 3 nitrogen and oxygen atoms in total. The van der Waals surface area contributed by atoms with Gasteiger partial charge >= 0.3 is 0 Å². The van der Waals surface area contributed by atoms with E-state index in [1.807, 2.05) is 18.5 Å². The van der Waals surface area contributed by atoms with Crippen LogP contribution in [0.15, 0.2) is 29.6 Å². The number of nitrogens with zero attached hydrogens (tertiary/aromatic N) is 1. The fraction of sp³-hybridized carbons (Fsp3) is 0.267. The first kappa shape index (κ1) is 15.0. The molecule has 1 N–H and O–H groups in total. The molecule has 0 unspecified atom stereocenters. The maximum atomic E-state index is 11.5. The summed E-state index contributed by atoms with van der Waals surface area (Å²) in [6, 6.07) is 7.29. The monoisotopic (exact) mass is 309 g/mol. The van der Waals surface area contributed by atoms with Crippen LogP contribution >= 0.6 is 22.9 Å². The van der Waals surface area contributed by atoms with Crippen molar-refractivity contribution >= 4 is 28.7 Å². The summed E-state index contributed by atoms with van der Waals surface area (Å²) in [5, 5.41) is 12.7. The molecule has 0 aliphatic rings. The molecule has 0 fully saturated rings. The molecule has 0 bridgehead atoms. The van der Waals surface area contributed by atoms with Crippen LogP contribution in [0.4, 0.5) is 0 Å². The average molecular weight is 310 g/mol. The lowest BCUT2D eigenvalue weighted by Gasteiger charge is -2.17. The summed E-state index contributed by atoms with van der Waals surface area (Å²) in [5.41, 5.74) is 0.943. The Bertz CT molecular complexity index is 611. The Balaban J connectivity index is 2.18. The van der Waals surface area contributed by atoms with Gasteiger partial charge in [0.1, 0.15) is 5.75 Å². The van der Waals surface area contributed by atoms with Crippen molar-refractivity contribution in [1.82, 2.24) is 4.90 Å². The molecule has 2 rings (SSSR count). The van der Waals surface area contributed by atoms with Gasteiger partial charge < -0.3 is 5.11 Å². The highest BCUT2D eigenvalue weighted by Gasteiger charge is 2.14. The number of benzene rings is 1. The molecule has 0 saturated carbocycles. The standard InChI is InChI=1S/C15H16ClNO2S/c1-10(18)14-7-12(16)6-11(15(14)19)8-17(2)9-13-4-3-5-20-13/h3-7,19H,8-9H2,1-2H3. The third-order valence-corrected chi connectivity index (χ3v) is 4.06. The van der Waals surface area contributed by atoms with E-state index in [1.165, 1.54) is 17.9 Å². The second kappa shape index (κ2) is 6.39. The Hall–Kier alpha value is -1.36. The number of carbonyl (C=O) groups excluding carboxylic acids is 1. The molecule has 5 heteroatoms. The van der Waals surface area contributed by atoms with Crippen molar-refractivity contribution in [2.24, 2.45) is 0 Å². The number of hydrogen-bond acceptors (Lipinski definition) is 4. The highest BCUT2D eigenvalue weighted by atomic mass is 35.5. The van der Waals surface area contributed by atoms with Gasteiger partial charge in [0.25, 0.3) is 0 Å². The lowest BCUT2D eigenvalue weighted by atomic mass is 10.1. The van der Waals surface area contributed by atoms with E-state index in [0.717, 1.165) is 6.54 Å². The van der Waals surface area contributed by atoms with Crippen molar-refractivity contribution in [3.8, 4) is 5.75 Å². The van der Waals surface area contributed by atoms with Crippen LogP contribution in [0.25, 0.3) is 0 Å². The van der Waals surface area contributed by atoms with Gasteiger partial charge in [-0.15, -0.1) is 11.3 Å². The van der Waals surface area contributed by atoms with Gasteiger partial charge in [-0.05, 0) is 37.6 Å². The van der Waals surface area contributed by atoms with Crippen LogP contribution in [-0.2, 0) is 13.1 Å². The van der Waals surface area contributed by atoms with Crippen LogP contribution in [0.3, 0.4) is 0 Å². The summed E-state index contributed by atoms with van der Waals surface area (Å²) in [6.07, 6.45) is 0. The van der Waals surface area contributed by atoms with Gasteiger partial charge in [0.05, 0.1) is 5.56 Å². The lowest BCUT2D eigenvalue weighted by molar-refractivity contribution is 0.101. The third kappa shape index (κ3) is 3.60. The Labute approximate surface area is 127 Å². The van der Waals surface area contributed by atoms with E-state index in [-0.39, 0.29) is 17.1 Å². The molecule has 0 atom stereocenters. The average Bonchev–Trinajstić information content (AvgIpc) is 2.85. The molecule has 1 heterocycles. The normalized spacial score (nSPS) is 11.0. The molecule has 1 aromatic heterocycles. The van der Waals surface area contributed by atoms with E-state index < -0.39 is 0 Å². The number of phenolic OH excluding ortho intramolecular Hbond substituents is 1. The Morgan fingerprint density at radius 2 is 2.15 bits per heavy atom. The smallest absolute Gasteiger partial charge is 0.163 e. The van der Waals surface area contributed by atoms with E-state index >= 15 is 0 Å². The van der Waals surface area contributed by atoms with Crippen molar-refractivity contribution in [3.05, 3.63) is 50.7 Å². The van der Waals surface area contributed by atoms with Crippen LogP contribution in [0.5, 0.6) is 5.75 Å². The number of carbonyl (C=O) groups is 1. The molecule has 0 radical (unpaired) electrons. The predicted molar refractivity (Wildman–Crippen MR) is 82.6 cm³/mol. The quantitative estimate of drug-likeness (QED) is 0.850. The molecule has 106 valence electrons. The number of rotatable bonds is 5. The molecular weight excluding hydrogens is 294 g/mol. The van der Waals surface area contributed by atoms with Crippen LogP contribution in [-0.4, -0.2) is 22.8 Å². The van der Waals surface area contributed by atoms with E-state index in [2.05, 4.69) is 11.0 Å². The molecular formula is C15H16ClNO2S. The number of thiophene rings is 1. The molecule has 0 aliphatic heterocycles. The van der Waals surface area contributed by atoms with Gasteiger partial charge in [0.2, 0.25) is 0 Å². The first-order valence-electron chi connectivity index (χ1n) is 6.20. The maximum absolute atomic E-state index is 11.5. The van der Waals surface area contributed by atoms with Crippen molar-refractivity contribution in [3.63, 3.8) is 0 Å². The summed E-state index contributed by atoms with van der Waals surface area (Å²) in [7, 11) is 1.97. The molecule has 0 spiro atoms. The van der Waals surface area contributed by atoms with Crippen molar-refractivity contribution in [2.45, 2.75) is 20.0 Å². The second-order valence-corrected chi connectivity index (χ2v) is 6.24. The van der Waals surface area contributed by atoms with Crippen molar-refractivity contribution < 1.29 is 9.90 Å². The van der Waals surface area contributed by atoms with E-state index in [4.69, 9.17) is 11.6 Å². The zero-order valence-corrected chi connectivity index (χ0v) is 13.0. The van der Waals surface area contributed by atoms with Crippen LogP contribution < -0.4 is 0 Å². The number of Topliss-reactive ketones (excluding diaryl/α,β-unsaturated/α-hetero) is 1. The first-order chi connectivity index (χ1) is 9.47. The Kier molecular flexibility index (Phi) is 4.81. The van der Waals surface area contributed by atoms with Crippen LogP contribution in [0, 0.1) is 0 Å². The SMILES string of the molecule is CC(=O)c1cc(Cl)cc(CN(C)Cc2cccs2)c1O. The van der Waals surface area contributed by atoms with Crippen LogP contribution in [0.2, 0.25) is 5.02 Å². The van der Waals surface area contributed by atoms with Gasteiger partial charge in [-0.1, -0.05) is 17.7 Å². The molecule has 0 amide bonds. The largest absolute Gasteiger partial charge is 0.507 e. The lowest BCUT2D eigenvalue weighted by Crippen LogP contribution is -2.17. The van der Waals surface area contributed by atoms with E-state index in [1.54, 1.807) is 17.4 Å². The second-order valence-electron chi connectivity index (χ2n) is 4.77. The molecule has 1 aromatic carbocycles. The number of ketones is 1. The van der Waals surface area contributed by atoms with Crippen molar-refractivity contribution in [1.29, 1.82) is 0 Å². The Morgan fingerprint density at radius 3 is 2.75 bits per heavy atom. The summed E-state index contributed by atoms with van der Waals surface area (Å²) in [4.78, 5) is 14.8. The highest BCUT2D eigenvalue weighted by molar-refractivity contribution is 7.09. The number of phenols is 1. The van der Waals surface area contributed by atoms with Gasteiger partial charge in [0.15, 0.2) is 5.78 Å². The van der Waals surface area contributed by atoms with Gasteiger partial charge in [0, 0.05) is 28.6 Å².